The van der Waals surface area contributed by atoms with Gasteiger partial charge in [-0.15, -0.1) is 0 Å². The largest absolute Gasteiger partial charge is 0.497 e. The molecule has 4 rings (SSSR count). The fourth-order valence-electron chi connectivity index (χ4n) is 5.31. The molecule has 2 N–H and O–H groups in total. The lowest BCUT2D eigenvalue weighted by molar-refractivity contribution is -0.126. The highest BCUT2D eigenvalue weighted by molar-refractivity contribution is 5.98. The third-order valence-corrected chi connectivity index (χ3v) is 7.65. The second kappa shape index (κ2) is 10.6. The Balaban J connectivity index is 1.24. The predicted octanol–water partition coefficient (Wildman–Crippen LogP) is 3.66. The van der Waals surface area contributed by atoms with Crippen LogP contribution in [-0.4, -0.2) is 72.5 Å². The van der Waals surface area contributed by atoms with Crippen LogP contribution in [0.1, 0.15) is 56.4 Å². The second-order valence-corrected chi connectivity index (χ2v) is 9.73. The topological polar surface area (TPSA) is 77.7 Å². The number of hydrogen-bond donors (Lipinski definition) is 2. The highest BCUT2D eigenvalue weighted by Gasteiger charge is 2.30. The number of benzene rings is 1. The monoisotopic (exact) mass is 454 g/mol. The van der Waals surface area contributed by atoms with E-state index in [9.17, 15) is 9.59 Å². The molecule has 2 aliphatic heterocycles. The normalized spacial score (nSPS) is 21.2. The molecule has 0 saturated carbocycles. The summed E-state index contributed by atoms with van der Waals surface area (Å²) in [5.74, 6) is 1.23. The summed E-state index contributed by atoms with van der Waals surface area (Å²) in [6, 6.07) is 8.29. The van der Waals surface area contributed by atoms with Gasteiger partial charge in [0.25, 0.3) is 5.91 Å². The second-order valence-electron chi connectivity index (χ2n) is 9.73. The molecule has 2 aliphatic rings. The van der Waals surface area contributed by atoms with Crippen molar-refractivity contribution in [3.8, 4) is 5.75 Å². The first-order valence-corrected chi connectivity index (χ1v) is 12.4. The molecule has 2 aromatic rings. The number of amides is 2. The lowest BCUT2D eigenvalue weighted by atomic mass is 9.84. The lowest BCUT2D eigenvalue weighted by Gasteiger charge is -2.35. The van der Waals surface area contributed by atoms with Crippen LogP contribution in [0.4, 0.5) is 0 Å². The van der Waals surface area contributed by atoms with E-state index < -0.39 is 0 Å². The molecule has 0 aliphatic carbocycles. The number of nitrogens with zero attached hydrogens (tertiary/aromatic N) is 2. The van der Waals surface area contributed by atoms with E-state index >= 15 is 0 Å². The Morgan fingerprint density at radius 2 is 1.94 bits per heavy atom. The average Bonchev–Trinajstić information content (AvgIpc) is 3.27. The number of likely N-dealkylation sites (tertiary alicyclic amines) is 2. The summed E-state index contributed by atoms with van der Waals surface area (Å²) in [4.78, 5) is 33.4. The molecular formula is C26H38N4O3. The van der Waals surface area contributed by atoms with Crippen LogP contribution in [0.5, 0.6) is 5.75 Å². The number of nitrogens with one attached hydrogen (secondary N) is 2. The number of hydrogen-bond acceptors (Lipinski definition) is 4. The Labute approximate surface area is 196 Å². The van der Waals surface area contributed by atoms with Crippen LogP contribution >= 0.6 is 0 Å². The van der Waals surface area contributed by atoms with E-state index in [1.54, 1.807) is 7.11 Å². The SMILES string of the molecule is COc1ccc2cc(C(=O)N3CCC([C@@H](C)C(=O)NCCN4CCCC[C@@H]4C)CC3)[nH]c2c1. The number of fused-ring (bicyclic) bond motifs is 1. The molecule has 7 heteroatoms. The fourth-order valence-corrected chi connectivity index (χ4v) is 5.31. The zero-order valence-electron chi connectivity index (χ0n) is 20.2. The zero-order chi connectivity index (χ0) is 23.4. The molecule has 1 aromatic carbocycles. The van der Waals surface area contributed by atoms with Gasteiger partial charge < -0.3 is 19.9 Å². The van der Waals surface area contributed by atoms with E-state index in [1.807, 2.05) is 36.1 Å². The summed E-state index contributed by atoms with van der Waals surface area (Å²) in [7, 11) is 1.64. The van der Waals surface area contributed by atoms with Crippen LogP contribution in [0.3, 0.4) is 0 Å². The number of piperidine rings is 2. The Hall–Kier alpha value is -2.54. The van der Waals surface area contributed by atoms with Crippen LogP contribution in [0, 0.1) is 11.8 Å². The summed E-state index contributed by atoms with van der Waals surface area (Å²) in [6.07, 6.45) is 5.55. The number of carbonyl (C=O) groups is 2. The first kappa shape index (κ1) is 23.6. The van der Waals surface area contributed by atoms with Crippen LogP contribution < -0.4 is 10.1 Å². The van der Waals surface area contributed by atoms with Crippen LogP contribution in [0.25, 0.3) is 10.9 Å². The standard InChI is InChI=1S/C26H38N4O3/c1-18-6-4-5-12-29(18)15-11-27-25(31)19(2)20-9-13-30(14-10-20)26(32)24-16-21-7-8-22(33-3)17-23(21)28-24/h7-8,16-20,28H,4-6,9-15H2,1-3H3,(H,27,31)/t18-,19+/m0/s1. The van der Waals surface area contributed by atoms with Crippen molar-refractivity contribution in [2.45, 2.75) is 52.0 Å². The number of H-pyrrole nitrogens is 1. The molecule has 2 fully saturated rings. The van der Waals surface area contributed by atoms with Gasteiger partial charge in [-0.2, -0.15) is 0 Å². The molecule has 33 heavy (non-hydrogen) atoms. The number of aromatic nitrogens is 1. The van der Waals surface area contributed by atoms with Gasteiger partial charge in [0.05, 0.1) is 7.11 Å². The molecule has 1 aromatic heterocycles. The number of rotatable bonds is 7. The van der Waals surface area contributed by atoms with Crippen LogP contribution in [-0.2, 0) is 4.79 Å². The van der Waals surface area contributed by atoms with Crippen molar-refractivity contribution >= 4 is 22.7 Å². The van der Waals surface area contributed by atoms with Crippen molar-refractivity contribution in [1.82, 2.24) is 20.1 Å². The van der Waals surface area contributed by atoms with Crippen molar-refractivity contribution in [3.05, 3.63) is 30.0 Å². The lowest BCUT2D eigenvalue weighted by Crippen LogP contribution is -2.45. The Bertz CT molecular complexity index is 964. The number of ether oxygens (including phenoxy) is 1. The highest BCUT2D eigenvalue weighted by Crippen LogP contribution is 2.27. The van der Waals surface area contributed by atoms with Gasteiger partial charge in [-0.25, -0.2) is 0 Å². The maximum absolute atomic E-state index is 13.0. The van der Waals surface area contributed by atoms with Crippen molar-refractivity contribution in [2.75, 3.05) is 39.8 Å². The van der Waals surface area contributed by atoms with Gasteiger partial charge >= 0.3 is 0 Å². The molecule has 0 bridgehead atoms. The molecular weight excluding hydrogens is 416 g/mol. The maximum atomic E-state index is 13.0. The van der Waals surface area contributed by atoms with Gasteiger partial charge in [-0.1, -0.05) is 13.3 Å². The van der Waals surface area contributed by atoms with E-state index in [0.29, 0.717) is 30.7 Å². The summed E-state index contributed by atoms with van der Waals surface area (Å²) >= 11 is 0. The Kier molecular flexibility index (Phi) is 7.58. The van der Waals surface area contributed by atoms with E-state index in [0.717, 1.165) is 49.1 Å². The molecule has 2 amide bonds. The zero-order valence-corrected chi connectivity index (χ0v) is 20.2. The highest BCUT2D eigenvalue weighted by atomic mass is 16.5. The van der Waals surface area contributed by atoms with Gasteiger partial charge in [0.1, 0.15) is 11.4 Å². The van der Waals surface area contributed by atoms with E-state index in [1.165, 1.54) is 19.3 Å². The Morgan fingerprint density at radius 3 is 2.67 bits per heavy atom. The third kappa shape index (κ3) is 5.52. The Morgan fingerprint density at radius 1 is 1.15 bits per heavy atom. The van der Waals surface area contributed by atoms with Crippen LogP contribution in [0.15, 0.2) is 24.3 Å². The van der Waals surface area contributed by atoms with Gasteiger partial charge in [-0.3, -0.25) is 14.5 Å². The van der Waals surface area contributed by atoms with Gasteiger partial charge in [0, 0.05) is 55.1 Å². The summed E-state index contributed by atoms with van der Waals surface area (Å²) in [6.45, 7) is 8.48. The first-order valence-electron chi connectivity index (χ1n) is 12.4. The van der Waals surface area contributed by atoms with E-state index in [2.05, 4.69) is 22.1 Å². The molecule has 3 heterocycles. The smallest absolute Gasteiger partial charge is 0.270 e. The van der Waals surface area contributed by atoms with Crippen molar-refractivity contribution in [2.24, 2.45) is 11.8 Å². The van der Waals surface area contributed by atoms with Gasteiger partial charge in [0.2, 0.25) is 5.91 Å². The van der Waals surface area contributed by atoms with Gasteiger partial charge in [-0.05, 0) is 63.3 Å². The van der Waals surface area contributed by atoms with Gasteiger partial charge in [0.15, 0.2) is 0 Å². The minimum absolute atomic E-state index is 0.0244. The number of methoxy groups -OCH3 is 1. The molecule has 2 atom stereocenters. The minimum Gasteiger partial charge on any atom is -0.497 e. The predicted molar refractivity (Wildman–Crippen MR) is 131 cm³/mol. The van der Waals surface area contributed by atoms with E-state index in [4.69, 9.17) is 4.74 Å². The summed E-state index contributed by atoms with van der Waals surface area (Å²) in [5, 5.41) is 4.15. The summed E-state index contributed by atoms with van der Waals surface area (Å²) in [5.41, 5.74) is 1.51. The number of aromatic amines is 1. The third-order valence-electron chi connectivity index (χ3n) is 7.65. The van der Waals surface area contributed by atoms with Crippen molar-refractivity contribution < 1.29 is 14.3 Å². The van der Waals surface area contributed by atoms with Crippen molar-refractivity contribution in [1.29, 1.82) is 0 Å². The number of carbonyl (C=O) groups excluding carboxylic acids is 2. The molecule has 0 spiro atoms. The molecule has 0 unspecified atom stereocenters. The van der Waals surface area contributed by atoms with Crippen molar-refractivity contribution in [3.63, 3.8) is 0 Å². The fraction of sp³-hybridized carbons (Fsp3) is 0.615. The first-order chi connectivity index (χ1) is 16.0. The van der Waals surface area contributed by atoms with E-state index in [-0.39, 0.29) is 17.7 Å². The summed E-state index contributed by atoms with van der Waals surface area (Å²) < 4.78 is 5.27. The molecule has 7 nitrogen and oxygen atoms in total. The average molecular weight is 455 g/mol. The molecule has 0 radical (unpaired) electrons. The maximum Gasteiger partial charge on any atom is 0.270 e. The quantitative estimate of drug-likeness (QED) is 0.669. The molecule has 2 saturated heterocycles. The minimum atomic E-state index is -0.0263. The molecule has 180 valence electrons. The van der Waals surface area contributed by atoms with Crippen LogP contribution in [0.2, 0.25) is 0 Å².